The highest BCUT2D eigenvalue weighted by atomic mass is 16.6. The maximum atomic E-state index is 11.1. The Kier molecular flexibility index (Phi) is 2.26. The van der Waals surface area contributed by atoms with Gasteiger partial charge in [-0.3, -0.25) is 4.79 Å². The van der Waals surface area contributed by atoms with Gasteiger partial charge in [0, 0.05) is 6.61 Å². The van der Waals surface area contributed by atoms with Crippen LogP contribution in [0.5, 0.6) is 0 Å². The van der Waals surface area contributed by atoms with Gasteiger partial charge < -0.3 is 14.6 Å². The number of carboxylic acids is 1. The van der Waals surface area contributed by atoms with Crippen molar-refractivity contribution in [3.05, 3.63) is 0 Å². The van der Waals surface area contributed by atoms with Crippen LogP contribution in [0.15, 0.2) is 0 Å². The summed E-state index contributed by atoms with van der Waals surface area (Å²) >= 11 is 0. The number of hydrogen-bond acceptors (Lipinski definition) is 3. The zero-order valence-corrected chi connectivity index (χ0v) is 7.49. The molecule has 0 aromatic rings. The molecule has 1 N–H and O–H groups in total. The molecule has 2 heterocycles. The molecule has 0 bridgehead atoms. The molecule has 2 aliphatic rings. The summed E-state index contributed by atoms with van der Waals surface area (Å²) in [5.41, 5.74) is -0.667. The number of carbonyl (C=O) groups is 1. The van der Waals surface area contributed by atoms with Gasteiger partial charge in [0.05, 0.1) is 24.7 Å². The van der Waals surface area contributed by atoms with Crippen LogP contribution in [0.25, 0.3) is 0 Å². The number of ether oxygens (including phenoxy) is 2. The van der Waals surface area contributed by atoms with Gasteiger partial charge in [-0.05, 0) is 19.3 Å². The molecule has 4 heteroatoms. The third-order valence-electron chi connectivity index (χ3n) is 2.80. The fourth-order valence-corrected chi connectivity index (χ4v) is 1.89. The number of epoxide rings is 1. The van der Waals surface area contributed by atoms with Gasteiger partial charge in [-0.1, -0.05) is 0 Å². The van der Waals surface area contributed by atoms with E-state index in [-0.39, 0.29) is 6.10 Å². The summed E-state index contributed by atoms with van der Waals surface area (Å²) < 4.78 is 10.3. The Hall–Kier alpha value is -0.610. The van der Waals surface area contributed by atoms with Crippen molar-refractivity contribution < 1.29 is 19.4 Å². The summed E-state index contributed by atoms with van der Waals surface area (Å²) in [5, 5.41) is 9.13. The van der Waals surface area contributed by atoms with E-state index in [4.69, 9.17) is 14.6 Å². The normalized spacial score (nSPS) is 38.6. The average molecular weight is 186 g/mol. The molecule has 0 aliphatic carbocycles. The van der Waals surface area contributed by atoms with E-state index in [1.54, 1.807) is 0 Å². The van der Waals surface area contributed by atoms with Crippen LogP contribution < -0.4 is 0 Å². The lowest BCUT2D eigenvalue weighted by molar-refractivity contribution is -0.158. The van der Waals surface area contributed by atoms with Crippen molar-refractivity contribution in [2.24, 2.45) is 5.41 Å². The van der Waals surface area contributed by atoms with Crippen molar-refractivity contribution in [1.29, 1.82) is 0 Å². The lowest BCUT2D eigenvalue weighted by atomic mass is 9.78. The fourth-order valence-electron chi connectivity index (χ4n) is 1.89. The first kappa shape index (κ1) is 8.97. The maximum absolute atomic E-state index is 11.1. The van der Waals surface area contributed by atoms with Crippen LogP contribution in [-0.4, -0.2) is 37.0 Å². The minimum Gasteiger partial charge on any atom is -0.481 e. The Morgan fingerprint density at radius 3 is 2.85 bits per heavy atom. The van der Waals surface area contributed by atoms with Crippen LogP contribution in [0.1, 0.15) is 19.3 Å². The maximum Gasteiger partial charge on any atom is 0.312 e. The minimum absolute atomic E-state index is 0.165. The number of aliphatic carboxylic acids is 1. The molecule has 2 atom stereocenters. The van der Waals surface area contributed by atoms with Gasteiger partial charge >= 0.3 is 5.97 Å². The number of hydrogen-bond donors (Lipinski definition) is 1. The van der Waals surface area contributed by atoms with Crippen molar-refractivity contribution in [2.75, 3.05) is 19.8 Å². The van der Waals surface area contributed by atoms with Gasteiger partial charge in [0.15, 0.2) is 0 Å². The van der Waals surface area contributed by atoms with Gasteiger partial charge in [0.2, 0.25) is 0 Å². The van der Waals surface area contributed by atoms with E-state index < -0.39 is 11.4 Å². The molecule has 0 spiro atoms. The first-order valence-corrected chi connectivity index (χ1v) is 4.66. The molecule has 0 aromatic heterocycles. The highest BCUT2D eigenvalue weighted by molar-refractivity contribution is 5.75. The zero-order valence-electron chi connectivity index (χ0n) is 7.49. The Balaban J connectivity index is 2.02. The average Bonchev–Trinajstić information content (AvgIpc) is 2.90. The van der Waals surface area contributed by atoms with E-state index in [9.17, 15) is 4.79 Å². The molecule has 0 radical (unpaired) electrons. The third-order valence-corrected chi connectivity index (χ3v) is 2.80. The molecular weight excluding hydrogens is 172 g/mol. The lowest BCUT2D eigenvalue weighted by Crippen LogP contribution is -2.40. The molecule has 2 rings (SSSR count). The van der Waals surface area contributed by atoms with E-state index in [0.29, 0.717) is 19.6 Å². The molecule has 2 saturated heterocycles. The van der Waals surface area contributed by atoms with Gasteiger partial charge in [-0.25, -0.2) is 0 Å². The van der Waals surface area contributed by atoms with E-state index in [2.05, 4.69) is 0 Å². The Morgan fingerprint density at radius 1 is 1.62 bits per heavy atom. The van der Waals surface area contributed by atoms with Gasteiger partial charge in [-0.15, -0.1) is 0 Å². The molecule has 0 aromatic carbocycles. The highest BCUT2D eigenvalue weighted by Crippen LogP contribution is 2.37. The van der Waals surface area contributed by atoms with Crippen molar-refractivity contribution in [3.63, 3.8) is 0 Å². The van der Waals surface area contributed by atoms with Crippen LogP contribution in [0, 0.1) is 5.41 Å². The second-order valence-corrected chi connectivity index (χ2v) is 3.90. The number of carboxylic acid groups (broad SMARTS) is 1. The molecule has 4 nitrogen and oxygen atoms in total. The molecule has 2 fully saturated rings. The van der Waals surface area contributed by atoms with E-state index in [0.717, 1.165) is 19.4 Å². The van der Waals surface area contributed by atoms with Gasteiger partial charge in [0.1, 0.15) is 0 Å². The van der Waals surface area contributed by atoms with Crippen molar-refractivity contribution in [1.82, 2.24) is 0 Å². The quantitative estimate of drug-likeness (QED) is 0.658. The monoisotopic (exact) mass is 186 g/mol. The standard InChI is InChI=1S/C9H14O4/c10-8(11)9(4-7-5-13-7)2-1-3-12-6-9/h7H,1-6H2,(H,10,11)/t7-,9-/m1/s1. The van der Waals surface area contributed by atoms with Crippen molar-refractivity contribution >= 4 is 5.97 Å². The van der Waals surface area contributed by atoms with E-state index in [1.807, 2.05) is 0 Å². The molecule has 0 unspecified atom stereocenters. The lowest BCUT2D eigenvalue weighted by Gasteiger charge is -2.32. The van der Waals surface area contributed by atoms with Crippen molar-refractivity contribution in [2.45, 2.75) is 25.4 Å². The summed E-state index contributed by atoms with van der Waals surface area (Å²) in [6, 6.07) is 0. The second-order valence-electron chi connectivity index (χ2n) is 3.90. The summed E-state index contributed by atoms with van der Waals surface area (Å²) in [6.07, 6.45) is 2.35. The summed E-state index contributed by atoms with van der Waals surface area (Å²) in [4.78, 5) is 11.1. The van der Waals surface area contributed by atoms with Crippen LogP contribution in [0.4, 0.5) is 0 Å². The smallest absolute Gasteiger partial charge is 0.312 e. The predicted molar refractivity (Wildman–Crippen MR) is 44.5 cm³/mol. The van der Waals surface area contributed by atoms with Crippen LogP contribution in [0.3, 0.4) is 0 Å². The Morgan fingerprint density at radius 2 is 2.38 bits per heavy atom. The summed E-state index contributed by atoms with van der Waals surface area (Å²) in [5.74, 6) is -0.734. The molecular formula is C9H14O4. The Bertz CT molecular complexity index is 204. The van der Waals surface area contributed by atoms with E-state index >= 15 is 0 Å². The molecule has 0 saturated carbocycles. The van der Waals surface area contributed by atoms with Crippen LogP contribution in [0.2, 0.25) is 0 Å². The first-order valence-electron chi connectivity index (χ1n) is 4.66. The predicted octanol–water partition coefficient (Wildman–Crippen LogP) is 0.657. The topological polar surface area (TPSA) is 59.1 Å². The minimum atomic E-state index is -0.734. The first-order chi connectivity index (χ1) is 6.23. The Labute approximate surface area is 76.8 Å². The number of rotatable bonds is 3. The molecule has 2 aliphatic heterocycles. The highest BCUT2D eigenvalue weighted by Gasteiger charge is 2.45. The molecule has 74 valence electrons. The fraction of sp³-hybridized carbons (Fsp3) is 0.889. The summed E-state index contributed by atoms with van der Waals surface area (Å²) in [6.45, 7) is 1.76. The molecule has 13 heavy (non-hydrogen) atoms. The molecule has 0 amide bonds. The van der Waals surface area contributed by atoms with Gasteiger partial charge in [-0.2, -0.15) is 0 Å². The second kappa shape index (κ2) is 3.27. The largest absolute Gasteiger partial charge is 0.481 e. The zero-order chi connectivity index (χ0) is 9.31. The SMILES string of the molecule is O=C(O)[C@@]1(C[C@@H]2CO2)CCCOC1. The summed E-state index contributed by atoms with van der Waals surface area (Å²) in [7, 11) is 0. The van der Waals surface area contributed by atoms with Crippen molar-refractivity contribution in [3.8, 4) is 0 Å². The van der Waals surface area contributed by atoms with Crippen LogP contribution >= 0.6 is 0 Å². The van der Waals surface area contributed by atoms with Crippen LogP contribution in [-0.2, 0) is 14.3 Å². The van der Waals surface area contributed by atoms with E-state index in [1.165, 1.54) is 0 Å². The third kappa shape index (κ3) is 1.84. The van der Waals surface area contributed by atoms with Gasteiger partial charge in [0.25, 0.3) is 0 Å².